The van der Waals surface area contributed by atoms with E-state index in [1.165, 1.54) is 41.4 Å². The highest BCUT2D eigenvalue weighted by atomic mass is 32.2. The van der Waals surface area contributed by atoms with Gasteiger partial charge in [-0.05, 0) is 73.4 Å². The van der Waals surface area contributed by atoms with Crippen LogP contribution in [-0.2, 0) is 34.1 Å². The monoisotopic (exact) mass is 442 g/mol. The van der Waals surface area contributed by atoms with E-state index in [-0.39, 0.29) is 17.2 Å². The highest BCUT2D eigenvalue weighted by Crippen LogP contribution is 2.30. The number of hydrogen-bond acceptors (Lipinski definition) is 4. The number of aryl methyl sites for hydroxylation is 2. The van der Waals surface area contributed by atoms with Gasteiger partial charge in [-0.15, -0.1) is 0 Å². The van der Waals surface area contributed by atoms with Crippen LogP contribution in [-0.4, -0.2) is 38.8 Å². The molecule has 0 bridgehead atoms. The molecule has 0 atom stereocenters. The van der Waals surface area contributed by atoms with Crippen LogP contribution in [0.1, 0.15) is 48.8 Å². The Bertz CT molecular complexity index is 1060. The van der Waals surface area contributed by atoms with Gasteiger partial charge in [-0.2, -0.15) is 4.31 Å². The molecule has 2 aliphatic rings. The molecule has 166 valence electrons. The van der Waals surface area contributed by atoms with E-state index in [4.69, 9.17) is 4.74 Å². The maximum Gasteiger partial charge on any atom is 0.243 e. The molecule has 31 heavy (non-hydrogen) atoms. The van der Waals surface area contributed by atoms with Gasteiger partial charge in [0, 0.05) is 13.1 Å². The first-order chi connectivity index (χ1) is 15.0. The van der Waals surface area contributed by atoms with Gasteiger partial charge in [0.1, 0.15) is 5.75 Å². The number of hydrogen-bond donors (Lipinski definition) is 1. The average molecular weight is 443 g/mol. The summed E-state index contributed by atoms with van der Waals surface area (Å²) in [6.45, 7) is 1.07. The van der Waals surface area contributed by atoms with E-state index in [0.29, 0.717) is 24.5 Å². The molecule has 0 aromatic heterocycles. The normalized spacial score (nSPS) is 17.1. The zero-order valence-corrected chi connectivity index (χ0v) is 18.8. The molecule has 1 saturated heterocycles. The smallest absolute Gasteiger partial charge is 0.243 e. The molecule has 1 aliphatic heterocycles. The highest BCUT2D eigenvalue weighted by molar-refractivity contribution is 7.89. The lowest BCUT2D eigenvalue weighted by atomic mass is 9.90. The van der Waals surface area contributed by atoms with Crippen LogP contribution in [0.5, 0.6) is 5.75 Å². The maximum atomic E-state index is 13.0. The van der Waals surface area contributed by atoms with Gasteiger partial charge in [-0.3, -0.25) is 4.79 Å². The van der Waals surface area contributed by atoms with Gasteiger partial charge >= 0.3 is 0 Å². The standard InChI is InChI=1S/C24H30N2O4S/c1-30-23-12-11-21(31(28,29)26-13-5-2-6-14-26)17-22(23)25-24(27)16-18-9-10-19-7-3-4-8-20(19)15-18/h9-12,15,17H,2-8,13-14,16H2,1H3,(H,25,27). The number of fused-ring (bicyclic) bond motifs is 1. The quantitative estimate of drug-likeness (QED) is 0.736. The predicted octanol–water partition coefficient (Wildman–Crippen LogP) is 3.93. The summed E-state index contributed by atoms with van der Waals surface area (Å²) in [4.78, 5) is 12.9. The van der Waals surface area contributed by atoms with E-state index in [2.05, 4.69) is 17.4 Å². The number of nitrogens with zero attached hydrogens (tertiary/aromatic N) is 1. The fraction of sp³-hybridized carbons (Fsp3) is 0.458. The number of benzene rings is 2. The molecule has 1 fully saturated rings. The Hall–Kier alpha value is -2.38. The summed E-state index contributed by atoms with van der Waals surface area (Å²) in [5.41, 5.74) is 4.06. The average Bonchev–Trinajstić information content (AvgIpc) is 2.79. The fourth-order valence-corrected chi connectivity index (χ4v) is 6.02. The Labute approximate surface area is 184 Å². The molecule has 7 heteroatoms. The minimum atomic E-state index is -3.59. The minimum Gasteiger partial charge on any atom is -0.495 e. The summed E-state index contributed by atoms with van der Waals surface area (Å²) in [5.74, 6) is 0.248. The van der Waals surface area contributed by atoms with Crippen LogP contribution in [0.2, 0.25) is 0 Å². The lowest BCUT2D eigenvalue weighted by molar-refractivity contribution is -0.115. The molecule has 0 spiro atoms. The molecule has 1 amide bonds. The first kappa shape index (κ1) is 21.8. The molecule has 1 heterocycles. The molecule has 0 radical (unpaired) electrons. The number of rotatable bonds is 6. The van der Waals surface area contributed by atoms with E-state index in [9.17, 15) is 13.2 Å². The van der Waals surface area contributed by atoms with Crippen molar-refractivity contribution in [3.8, 4) is 5.75 Å². The van der Waals surface area contributed by atoms with E-state index < -0.39 is 10.0 Å². The predicted molar refractivity (Wildman–Crippen MR) is 121 cm³/mol. The molecule has 6 nitrogen and oxygen atoms in total. The summed E-state index contributed by atoms with van der Waals surface area (Å²) in [5, 5.41) is 2.86. The Morgan fingerprint density at radius 3 is 2.45 bits per heavy atom. The number of methoxy groups -OCH3 is 1. The third-order valence-corrected chi connectivity index (χ3v) is 8.07. The third-order valence-electron chi connectivity index (χ3n) is 6.18. The summed E-state index contributed by atoms with van der Waals surface area (Å²) >= 11 is 0. The number of carbonyl (C=O) groups is 1. The Morgan fingerprint density at radius 1 is 0.968 bits per heavy atom. The van der Waals surface area contributed by atoms with E-state index in [1.807, 2.05) is 6.07 Å². The molecule has 1 N–H and O–H groups in total. The second-order valence-electron chi connectivity index (χ2n) is 8.36. The van der Waals surface area contributed by atoms with Crippen LogP contribution < -0.4 is 10.1 Å². The van der Waals surface area contributed by atoms with Crippen LogP contribution in [0.15, 0.2) is 41.3 Å². The Balaban J connectivity index is 1.52. The van der Waals surface area contributed by atoms with Gasteiger partial charge in [0.25, 0.3) is 0 Å². The molecule has 0 unspecified atom stereocenters. The molecule has 0 saturated carbocycles. The summed E-state index contributed by atoms with van der Waals surface area (Å²) in [6.07, 6.45) is 7.63. The maximum absolute atomic E-state index is 13.0. The largest absolute Gasteiger partial charge is 0.495 e. The van der Waals surface area contributed by atoms with Crippen LogP contribution >= 0.6 is 0 Å². The number of ether oxygens (including phenoxy) is 1. The van der Waals surface area contributed by atoms with Gasteiger partial charge in [-0.25, -0.2) is 8.42 Å². The third kappa shape index (κ3) is 4.93. The number of nitrogens with one attached hydrogen (secondary N) is 1. The Morgan fingerprint density at radius 2 is 1.71 bits per heavy atom. The number of anilines is 1. The molecular weight excluding hydrogens is 412 g/mol. The zero-order chi connectivity index (χ0) is 21.8. The lowest BCUT2D eigenvalue weighted by Crippen LogP contribution is -2.35. The van der Waals surface area contributed by atoms with Crippen molar-refractivity contribution in [1.29, 1.82) is 0 Å². The van der Waals surface area contributed by atoms with Gasteiger partial charge < -0.3 is 10.1 Å². The lowest BCUT2D eigenvalue weighted by Gasteiger charge is -2.26. The van der Waals surface area contributed by atoms with Crippen molar-refractivity contribution in [2.24, 2.45) is 0 Å². The van der Waals surface area contributed by atoms with E-state index in [1.54, 1.807) is 12.1 Å². The van der Waals surface area contributed by atoms with E-state index in [0.717, 1.165) is 37.7 Å². The van der Waals surface area contributed by atoms with Crippen molar-refractivity contribution in [2.75, 3.05) is 25.5 Å². The van der Waals surface area contributed by atoms with Gasteiger partial charge in [0.2, 0.25) is 15.9 Å². The van der Waals surface area contributed by atoms with Crippen LogP contribution in [0.4, 0.5) is 5.69 Å². The first-order valence-electron chi connectivity index (χ1n) is 11.1. The fourth-order valence-electron chi connectivity index (χ4n) is 4.48. The van der Waals surface area contributed by atoms with Crippen LogP contribution in [0, 0.1) is 0 Å². The van der Waals surface area contributed by atoms with Gasteiger partial charge in [-0.1, -0.05) is 24.6 Å². The number of sulfonamides is 1. The van der Waals surface area contributed by atoms with Crippen molar-refractivity contribution in [3.05, 3.63) is 53.1 Å². The van der Waals surface area contributed by atoms with E-state index >= 15 is 0 Å². The summed E-state index contributed by atoms with van der Waals surface area (Å²) in [7, 11) is -2.08. The van der Waals surface area contributed by atoms with Gasteiger partial charge in [0.15, 0.2) is 0 Å². The zero-order valence-electron chi connectivity index (χ0n) is 18.0. The SMILES string of the molecule is COc1ccc(S(=O)(=O)N2CCCCC2)cc1NC(=O)Cc1ccc2c(c1)CCCC2. The van der Waals surface area contributed by atoms with Gasteiger partial charge in [0.05, 0.1) is 24.1 Å². The molecule has 2 aromatic rings. The highest BCUT2D eigenvalue weighted by Gasteiger charge is 2.27. The second-order valence-corrected chi connectivity index (χ2v) is 10.3. The van der Waals surface area contributed by atoms with Crippen LogP contribution in [0.25, 0.3) is 0 Å². The van der Waals surface area contributed by atoms with Crippen molar-refractivity contribution < 1.29 is 17.9 Å². The Kier molecular flexibility index (Phi) is 6.62. The molecular formula is C24H30N2O4S. The minimum absolute atomic E-state index is 0.180. The molecule has 2 aromatic carbocycles. The number of piperidine rings is 1. The van der Waals surface area contributed by atoms with Crippen LogP contribution in [0.3, 0.4) is 0 Å². The number of amides is 1. The van der Waals surface area contributed by atoms with Crippen molar-refractivity contribution in [3.63, 3.8) is 0 Å². The molecule has 1 aliphatic carbocycles. The second kappa shape index (κ2) is 9.40. The topological polar surface area (TPSA) is 75.7 Å². The number of carbonyl (C=O) groups excluding carboxylic acids is 1. The van der Waals surface area contributed by atoms with Crippen molar-refractivity contribution >= 4 is 21.6 Å². The van der Waals surface area contributed by atoms with Crippen molar-refractivity contribution in [2.45, 2.75) is 56.3 Å². The van der Waals surface area contributed by atoms with Crippen molar-refractivity contribution in [1.82, 2.24) is 4.31 Å². The summed E-state index contributed by atoms with van der Waals surface area (Å²) in [6, 6.07) is 10.9. The first-order valence-corrected chi connectivity index (χ1v) is 12.5. The molecule has 4 rings (SSSR count). The summed E-state index contributed by atoms with van der Waals surface area (Å²) < 4.78 is 32.9.